The second-order valence-corrected chi connectivity index (χ2v) is 8.45. The lowest BCUT2D eigenvalue weighted by Crippen LogP contribution is -2.51. The van der Waals surface area contributed by atoms with E-state index in [9.17, 15) is 14.4 Å². The van der Waals surface area contributed by atoms with Gasteiger partial charge >= 0.3 is 4.87 Å². The van der Waals surface area contributed by atoms with Crippen molar-refractivity contribution in [1.82, 2.24) is 19.3 Å². The second-order valence-electron chi connectivity index (χ2n) is 7.62. The van der Waals surface area contributed by atoms with Crippen molar-refractivity contribution < 1.29 is 9.59 Å². The minimum absolute atomic E-state index is 0.0256. The number of piperazine rings is 1. The first kappa shape index (κ1) is 21.3. The first-order chi connectivity index (χ1) is 13.8. The molecule has 0 spiro atoms. The van der Waals surface area contributed by atoms with Gasteiger partial charge in [0.05, 0.1) is 6.54 Å². The molecule has 1 aliphatic heterocycles. The van der Waals surface area contributed by atoms with Crippen molar-refractivity contribution >= 4 is 23.2 Å². The summed E-state index contributed by atoms with van der Waals surface area (Å²) in [5, 5.41) is 1.73. The van der Waals surface area contributed by atoms with Gasteiger partial charge in [-0.1, -0.05) is 41.2 Å². The molecule has 1 fully saturated rings. The van der Waals surface area contributed by atoms with Crippen LogP contribution in [0.4, 0.5) is 0 Å². The van der Waals surface area contributed by atoms with E-state index in [2.05, 4.69) is 36.1 Å². The number of amides is 2. The van der Waals surface area contributed by atoms with Crippen LogP contribution in [-0.2, 0) is 22.7 Å². The third-order valence-electron chi connectivity index (χ3n) is 5.28. The number of nitrogens with zero attached hydrogens (tertiary/aromatic N) is 4. The van der Waals surface area contributed by atoms with Crippen LogP contribution in [0.2, 0.25) is 0 Å². The van der Waals surface area contributed by atoms with E-state index in [-0.39, 0.29) is 29.8 Å². The fourth-order valence-electron chi connectivity index (χ4n) is 3.47. The van der Waals surface area contributed by atoms with Gasteiger partial charge in [-0.25, -0.2) is 0 Å². The Balaban J connectivity index is 1.46. The van der Waals surface area contributed by atoms with E-state index in [1.807, 2.05) is 4.90 Å². The number of aromatic nitrogens is 1. The van der Waals surface area contributed by atoms with Crippen LogP contribution in [0.1, 0.15) is 16.8 Å². The quantitative estimate of drug-likeness (QED) is 0.713. The van der Waals surface area contributed by atoms with Crippen molar-refractivity contribution in [1.29, 1.82) is 0 Å². The summed E-state index contributed by atoms with van der Waals surface area (Å²) in [6.07, 6.45) is 0. The molecule has 1 aromatic carbocycles. The molecule has 1 aliphatic rings. The summed E-state index contributed by atoms with van der Waals surface area (Å²) in [7, 11) is 1.61. The first-order valence-corrected chi connectivity index (χ1v) is 10.7. The maximum atomic E-state index is 12.6. The highest BCUT2D eigenvalue weighted by molar-refractivity contribution is 7.07. The molecular weight excluding hydrogens is 388 g/mol. The molecular formula is C21H28N4O3S. The summed E-state index contributed by atoms with van der Waals surface area (Å²) in [6, 6.07) is 8.49. The van der Waals surface area contributed by atoms with Crippen molar-refractivity contribution in [3.05, 3.63) is 56.1 Å². The Morgan fingerprint density at radius 3 is 2.48 bits per heavy atom. The summed E-state index contributed by atoms with van der Waals surface area (Å²) in [5.41, 5.74) is 3.30. The van der Waals surface area contributed by atoms with Gasteiger partial charge in [0.25, 0.3) is 0 Å². The molecule has 29 heavy (non-hydrogen) atoms. The van der Waals surface area contributed by atoms with E-state index in [0.717, 1.165) is 36.7 Å². The predicted octanol–water partition coefficient (Wildman–Crippen LogP) is 1.33. The number of carbonyl (C=O) groups is 2. The number of aryl methyl sites for hydroxylation is 2. The Kier molecular flexibility index (Phi) is 6.87. The molecule has 156 valence electrons. The Morgan fingerprint density at radius 2 is 1.86 bits per heavy atom. The topological polar surface area (TPSA) is 65.9 Å². The molecule has 0 radical (unpaired) electrons. The van der Waals surface area contributed by atoms with Crippen LogP contribution in [0.25, 0.3) is 0 Å². The highest BCUT2D eigenvalue weighted by Crippen LogP contribution is 2.11. The van der Waals surface area contributed by atoms with Crippen LogP contribution in [0.3, 0.4) is 0 Å². The van der Waals surface area contributed by atoms with E-state index in [1.165, 1.54) is 20.6 Å². The molecule has 0 aliphatic carbocycles. The molecule has 3 rings (SSSR count). The molecule has 8 heteroatoms. The molecule has 1 saturated heterocycles. The standard InChI is InChI=1S/C21H28N4O3S/c1-16-5-4-6-18(11-16)12-23-7-9-24(10-8-23)20(27)13-22(3)19(26)14-25-17(2)15-29-21(25)28/h4-6,11,15H,7-10,12-14H2,1-3H3. The molecule has 2 aromatic rings. The number of likely N-dealkylation sites (N-methyl/N-ethyl adjacent to an activating group) is 1. The monoisotopic (exact) mass is 416 g/mol. The third kappa shape index (κ3) is 5.55. The van der Waals surface area contributed by atoms with Crippen LogP contribution >= 0.6 is 11.3 Å². The van der Waals surface area contributed by atoms with Gasteiger partial charge in [-0.2, -0.15) is 0 Å². The summed E-state index contributed by atoms with van der Waals surface area (Å²) >= 11 is 1.08. The highest BCUT2D eigenvalue weighted by atomic mass is 32.1. The predicted molar refractivity (Wildman–Crippen MR) is 114 cm³/mol. The molecule has 2 heterocycles. The molecule has 1 aromatic heterocycles. The average Bonchev–Trinajstić information content (AvgIpc) is 3.00. The second kappa shape index (κ2) is 9.37. The average molecular weight is 417 g/mol. The van der Waals surface area contributed by atoms with E-state index in [4.69, 9.17) is 0 Å². The smallest absolute Gasteiger partial charge is 0.307 e. The van der Waals surface area contributed by atoms with Gasteiger partial charge in [0.15, 0.2) is 0 Å². The van der Waals surface area contributed by atoms with Crippen molar-refractivity contribution in [2.24, 2.45) is 0 Å². The SMILES string of the molecule is Cc1cccc(CN2CCN(C(=O)CN(C)C(=O)Cn3c(C)csc3=O)CC2)c1. The Morgan fingerprint density at radius 1 is 1.14 bits per heavy atom. The molecule has 0 unspecified atom stereocenters. The Bertz CT molecular complexity index is 928. The maximum Gasteiger partial charge on any atom is 0.307 e. The van der Waals surface area contributed by atoms with E-state index >= 15 is 0 Å². The molecule has 0 saturated carbocycles. The van der Waals surface area contributed by atoms with Crippen LogP contribution < -0.4 is 4.87 Å². The van der Waals surface area contributed by atoms with E-state index < -0.39 is 0 Å². The van der Waals surface area contributed by atoms with Gasteiger partial charge < -0.3 is 9.80 Å². The maximum absolute atomic E-state index is 12.6. The molecule has 7 nitrogen and oxygen atoms in total. The van der Waals surface area contributed by atoms with Crippen LogP contribution in [-0.4, -0.2) is 70.9 Å². The van der Waals surface area contributed by atoms with Crippen LogP contribution in [0.15, 0.2) is 34.4 Å². The van der Waals surface area contributed by atoms with Crippen molar-refractivity contribution in [3.8, 4) is 0 Å². The summed E-state index contributed by atoms with van der Waals surface area (Å²) in [6.45, 7) is 7.75. The van der Waals surface area contributed by atoms with Crippen molar-refractivity contribution in [3.63, 3.8) is 0 Å². The normalized spacial score (nSPS) is 14.8. The molecule has 0 atom stereocenters. The van der Waals surface area contributed by atoms with Gasteiger partial charge in [0.1, 0.15) is 6.54 Å². The highest BCUT2D eigenvalue weighted by Gasteiger charge is 2.23. The van der Waals surface area contributed by atoms with Gasteiger partial charge in [-0.3, -0.25) is 23.9 Å². The lowest BCUT2D eigenvalue weighted by molar-refractivity contribution is -0.140. The lowest BCUT2D eigenvalue weighted by Gasteiger charge is -2.35. The largest absolute Gasteiger partial charge is 0.339 e. The van der Waals surface area contributed by atoms with Gasteiger partial charge in [0, 0.05) is 50.8 Å². The van der Waals surface area contributed by atoms with Crippen molar-refractivity contribution in [2.45, 2.75) is 26.9 Å². The van der Waals surface area contributed by atoms with E-state index in [0.29, 0.717) is 13.1 Å². The lowest BCUT2D eigenvalue weighted by atomic mass is 10.1. The van der Waals surface area contributed by atoms with Crippen molar-refractivity contribution in [2.75, 3.05) is 39.8 Å². The molecule has 2 amide bonds. The van der Waals surface area contributed by atoms with Gasteiger partial charge in [-0.15, -0.1) is 0 Å². The fraction of sp³-hybridized carbons (Fsp3) is 0.476. The minimum Gasteiger partial charge on any atom is -0.339 e. The number of carbonyl (C=O) groups excluding carboxylic acids is 2. The minimum atomic E-state index is -0.236. The van der Waals surface area contributed by atoms with Crippen LogP contribution in [0.5, 0.6) is 0 Å². The number of hydrogen-bond donors (Lipinski definition) is 0. The van der Waals surface area contributed by atoms with Gasteiger partial charge in [0.2, 0.25) is 11.8 Å². The number of rotatable bonds is 6. The summed E-state index contributed by atoms with van der Waals surface area (Å²) in [4.78, 5) is 42.2. The number of hydrogen-bond acceptors (Lipinski definition) is 5. The summed E-state index contributed by atoms with van der Waals surface area (Å²) in [5.74, 6) is -0.287. The molecule has 0 bridgehead atoms. The Labute approximate surface area is 175 Å². The summed E-state index contributed by atoms with van der Waals surface area (Å²) < 4.78 is 1.44. The van der Waals surface area contributed by atoms with Crippen LogP contribution in [0, 0.1) is 13.8 Å². The zero-order valence-corrected chi connectivity index (χ0v) is 18.1. The van der Waals surface area contributed by atoms with Gasteiger partial charge in [-0.05, 0) is 19.4 Å². The first-order valence-electron chi connectivity index (χ1n) is 9.78. The Hall–Kier alpha value is -2.45. The van der Waals surface area contributed by atoms with E-state index in [1.54, 1.807) is 19.4 Å². The fourth-order valence-corrected chi connectivity index (χ4v) is 4.20. The number of benzene rings is 1. The third-order valence-corrected chi connectivity index (χ3v) is 6.16. The molecule has 0 N–H and O–H groups in total. The zero-order valence-electron chi connectivity index (χ0n) is 17.3. The number of thiazole rings is 1. The zero-order chi connectivity index (χ0) is 21.0.